The highest BCUT2D eigenvalue weighted by atomic mass is 35.5. The summed E-state index contributed by atoms with van der Waals surface area (Å²) in [7, 11) is 0. The molecule has 0 fully saturated rings. The van der Waals surface area contributed by atoms with E-state index in [4.69, 9.17) is 11.6 Å². The third-order valence-corrected chi connectivity index (χ3v) is 2.30. The van der Waals surface area contributed by atoms with E-state index in [0.717, 1.165) is 12.2 Å². The fourth-order valence-electron chi connectivity index (χ4n) is 1.20. The van der Waals surface area contributed by atoms with Crippen LogP contribution in [-0.2, 0) is 4.79 Å². The molecule has 0 aromatic heterocycles. The zero-order chi connectivity index (χ0) is 11.8. The van der Waals surface area contributed by atoms with Gasteiger partial charge in [-0.25, -0.2) is 4.39 Å². The van der Waals surface area contributed by atoms with Crippen LogP contribution in [0.2, 0.25) is 0 Å². The van der Waals surface area contributed by atoms with Crippen molar-refractivity contribution in [3.63, 3.8) is 0 Å². The Morgan fingerprint density at radius 3 is 2.40 bits per heavy atom. The molecule has 0 spiro atoms. The van der Waals surface area contributed by atoms with Crippen LogP contribution in [0.15, 0.2) is 22.8 Å². The van der Waals surface area contributed by atoms with Crippen LogP contribution in [-0.4, -0.2) is 18.1 Å². The predicted octanol–water partition coefficient (Wildman–Crippen LogP) is 3.15. The number of rotatable bonds is 1. The number of halogens is 5. The quantitative estimate of drug-likeness (QED) is 0.646. The number of carbonyl (C=O) groups is 1. The van der Waals surface area contributed by atoms with Gasteiger partial charge in [-0.1, -0.05) is 24.6 Å². The minimum Gasteiger partial charge on any atom is -0.284 e. The highest BCUT2D eigenvalue weighted by molar-refractivity contribution is 6.31. The molecule has 15 heavy (non-hydrogen) atoms. The van der Waals surface area contributed by atoms with Gasteiger partial charge < -0.3 is 0 Å². The fourth-order valence-corrected chi connectivity index (χ4v) is 1.52. The normalized spacial score (nSPS) is 27.1. The summed E-state index contributed by atoms with van der Waals surface area (Å²) in [5.41, 5.74) is -0.603. The van der Waals surface area contributed by atoms with Crippen molar-refractivity contribution in [2.24, 2.45) is 5.92 Å². The number of Topliss-reactive ketones (excluding diaryl/α,β-unsaturated/α-hetero) is 1. The van der Waals surface area contributed by atoms with Crippen molar-refractivity contribution in [3.8, 4) is 0 Å². The van der Waals surface area contributed by atoms with E-state index in [1.165, 1.54) is 6.92 Å². The van der Waals surface area contributed by atoms with Crippen molar-refractivity contribution in [2.45, 2.75) is 19.3 Å². The largest absolute Gasteiger partial charge is 0.454 e. The standard InChI is InChI=1S/C9H7ClF4O/c1-4-2-5(3-6(10)7(4)11)8(15)9(12,13)14/h2-4,7H,1H3. The Labute approximate surface area is 88.4 Å². The summed E-state index contributed by atoms with van der Waals surface area (Å²) < 4.78 is 49.2. The van der Waals surface area contributed by atoms with Gasteiger partial charge in [-0.15, -0.1) is 0 Å². The Morgan fingerprint density at radius 1 is 1.47 bits per heavy atom. The maximum atomic E-state index is 13.1. The molecule has 0 amide bonds. The summed E-state index contributed by atoms with van der Waals surface area (Å²) in [4.78, 5) is 10.8. The zero-order valence-corrected chi connectivity index (χ0v) is 8.36. The van der Waals surface area contributed by atoms with Gasteiger partial charge in [0.15, 0.2) is 0 Å². The molecule has 1 aliphatic rings. The van der Waals surface area contributed by atoms with Crippen LogP contribution in [0.4, 0.5) is 17.6 Å². The lowest BCUT2D eigenvalue weighted by atomic mass is 9.94. The molecular formula is C9H7ClF4O. The molecule has 0 aliphatic heterocycles. The van der Waals surface area contributed by atoms with Crippen molar-refractivity contribution >= 4 is 17.4 Å². The molecular weight excluding hydrogens is 236 g/mol. The Bertz CT molecular complexity index is 343. The molecule has 2 atom stereocenters. The summed E-state index contributed by atoms with van der Waals surface area (Å²) in [5.74, 6) is -2.83. The van der Waals surface area contributed by atoms with E-state index in [1.807, 2.05) is 0 Å². The summed E-state index contributed by atoms with van der Waals surface area (Å²) in [5, 5.41) is -0.377. The lowest BCUT2D eigenvalue weighted by Crippen LogP contribution is -2.27. The fraction of sp³-hybridized carbons (Fsp3) is 0.444. The SMILES string of the molecule is CC1C=C(C(=O)C(F)(F)F)C=C(Cl)C1F. The van der Waals surface area contributed by atoms with Gasteiger partial charge in [-0.3, -0.25) is 4.79 Å². The molecule has 0 saturated heterocycles. The average molecular weight is 243 g/mol. The first kappa shape index (κ1) is 12.2. The van der Waals surface area contributed by atoms with Crippen LogP contribution in [0.25, 0.3) is 0 Å². The Morgan fingerprint density at radius 2 is 2.00 bits per heavy atom. The molecule has 0 radical (unpaired) electrons. The lowest BCUT2D eigenvalue weighted by Gasteiger charge is -2.19. The summed E-state index contributed by atoms with van der Waals surface area (Å²) in [6, 6.07) is 0. The minimum absolute atomic E-state index is 0.377. The zero-order valence-electron chi connectivity index (χ0n) is 7.61. The van der Waals surface area contributed by atoms with Gasteiger partial charge in [0.1, 0.15) is 6.17 Å². The minimum atomic E-state index is -4.96. The smallest absolute Gasteiger partial charge is 0.284 e. The van der Waals surface area contributed by atoms with Crippen molar-refractivity contribution < 1.29 is 22.4 Å². The molecule has 2 unspecified atom stereocenters. The molecule has 84 valence electrons. The van der Waals surface area contributed by atoms with E-state index in [9.17, 15) is 22.4 Å². The first-order valence-corrected chi connectivity index (χ1v) is 4.45. The molecule has 0 bridgehead atoms. The molecule has 0 N–H and O–H groups in total. The first-order valence-electron chi connectivity index (χ1n) is 4.08. The monoisotopic (exact) mass is 242 g/mol. The molecule has 0 aromatic carbocycles. The third kappa shape index (κ3) is 2.59. The maximum absolute atomic E-state index is 13.1. The lowest BCUT2D eigenvalue weighted by molar-refractivity contribution is -0.166. The average Bonchev–Trinajstić information content (AvgIpc) is 2.10. The van der Waals surface area contributed by atoms with E-state index in [0.29, 0.717) is 0 Å². The summed E-state index contributed by atoms with van der Waals surface area (Å²) >= 11 is 5.38. The van der Waals surface area contributed by atoms with Gasteiger partial charge in [0.25, 0.3) is 5.78 Å². The summed E-state index contributed by atoms with van der Waals surface area (Å²) in [6.07, 6.45) is -4.84. The molecule has 0 aromatic rings. The number of carbonyl (C=O) groups excluding carboxylic acids is 1. The Hall–Kier alpha value is -0.840. The second-order valence-electron chi connectivity index (χ2n) is 3.24. The van der Waals surface area contributed by atoms with Crippen LogP contribution in [0.1, 0.15) is 6.92 Å². The molecule has 0 saturated carbocycles. The van der Waals surface area contributed by atoms with Crippen LogP contribution < -0.4 is 0 Å². The van der Waals surface area contributed by atoms with Crippen LogP contribution in [0, 0.1) is 5.92 Å². The number of hydrogen-bond donors (Lipinski definition) is 0. The molecule has 1 rings (SSSR count). The van der Waals surface area contributed by atoms with Crippen LogP contribution in [0.5, 0.6) is 0 Å². The Balaban J connectivity index is 3.00. The molecule has 0 heterocycles. The summed E-state index contributed by atoms with van der Waals surface area (Å²) in [6.45, 7) is 1.35. The van der Waals surface area contributed by atoms with Crippen molar-refractivity contribution in [2.75, 3.05) is 0 Å². The van der Waals surface area contributed by atoms with E-state index < -0.39 is 29.6 Å². The number of hydrogen-bond acceptors (Lipinski definition) is 1. The van der Waals surface area contributed by atoms with Gasteiger partial charge in [0.2, 0.25) is 0 Å². The maximum Gasteiger partial charge on any atom is 0.454 e. The van der Waals surface area contributed by atoms with Gasteiger partial charge in [0, 0.05) is 11.5 Å². The second kappa shape index (κ2) is 3.96. The number of alkyl halides is 4. The molecule has 1 aliphatic carbocycles. The van der Waals surface area contributed by atoms with E-state index in [-0.39, 0.29) is 5.03 Å². The molecule has 1 nitrogen and oxygen atoms in total. The van der Waals surface area contributed by atoms with Crippen molar-refractivity contribution in [1.82, 2.24) is 0 Å². The van der Waals surface area contributed by atoms with Crippen LogP contribution >= 0.6 is 11.6 Å². The second-order valence-corrected chi connectivity index (χ2v) is 3.68. The van der Waals surface area contributed by atoms with Gasteiger partial charge in [-0.05, 0) is 6.08 Å². The van der Waals surface area contributed by atoms with Gasteiger partial charge in [-0.2, -0.15) is 13.2 Å². The van der Waals surface area contributed by atoms with Gasteiger partial charge in [0.05, 0.1) is 5.03 Å². The predicted molar refractivity (Wildman–Crippen MR) is 47.1 cm³/mol. The van der Waals surface area contributed by atoms with Gasteiger partial charge >= 0.3 is 6.18 Å². The number of ketones is 1. The Kier molecular flexibility index (Phi) is 3.23. The molecule has 6 heteroatoms. The topological polar surface area (TPSA) is 17.1 Å². The van der Waals surface area contributed by atoms with Crippen LogP contribution in [0.3, 0.4) is 0 Å². The highest BCUT2D eigenvalue weighted by Gasteiger charge is 2.41. The van der Waals surface area contributed by atoms with E-state index in [1.54, 1.807) is 0 Å². The van der Waals surface area contributed by atoms with E-state index >= 15 is 0 Å². The van der Waals surface area contributed by atoms with Crippen molar-refractivity contribution in [3.05, 3.63) is 22.8 Å². The highest BCUT2D eigenvalue weighted by Crippen LogP contribution is 2.31. The first-order chi connectivity index (χ1) is 6.73. The third-order valence-electron chi connectivity index (χ3n) is 1.98. The van der Waals surface area contributed by atoms with E-state index in [2.05, 4.69) is 0 Å². The number of allylic oxidation sites excluding steroid dienone is 4. The van der Waals surface area contributed by atoms with Crippen molar-refractivity contribution in [1.29, 1.82) is 0 Å².